The van der Waals surface area contributed by atoms with Crippen LogP contribution in [0.15, 0.2) is 0 Å². The number of carbonyl (C=O) groups excluding carboxylic acids is 4. The zero-order valence-corrected chi connectivity index (χ0v) is 18.5. The molecule has 1 fully saturated rings. The van der Waals surface area contributed by atoms with Crippen LogP contribution in [0.4, 0.5) is 9.59 Å². The van der Waals surface area contributed by atoms with Crippen molar-refractivity contribution in [3.05, 3.63) is 0 Å². The Balaban J connectivity index is 3.02. The Morgan fingerprint density at radius 1 is 0.931 bits per heavy atom. The number of nitrogens with zero attached hydrogens (tertiary/aromatic N) is 2. The fourth-order valence-corrected chi connectivity index (χ4v) is 2.58. The molecule has 1 saturated heterocycles. The van der Waals surface area contributed by atoms with Crippen molar-refractivity contribution in [3.8, 4) is 0 Å². The number of methoxy groups -OCH3 is 1. The highest BCUT2D eigenvalue weighted by molar-refractivity contribution is 5.90. The molecule has 3 amide bonds. The van der Waals surface area contributed by atoms with E-state index >= 15 is 0 Å². The summed E-state index contributed by atoms with van der Waals surface area (Å²) >= 11 is 0. The van der Waals surface area contributed by atoms with Gasteiger partial charge in [-0.1, -0.05) is 0 Å². The number of ether oxygens (including phenoxy) is 3. The molecule has 2 atom stereocenters. The molecule has 1 unspecified atom stereocenters. The van der Waals surface area contributed by atoms with E-state index in [0.29, 0.717) is 0 Å². The lowest BCUT2D eigenvalue weighted by Crippen LogP contribution is -2.63. The SMILES string of the molecule is COC(=O)[C@H](C)NC(=O)C1CN(C(=O)OC(C)(C)C)CCN1C(=O)OC(C)(C)C. The van der Waals surface area contributed by atoms with E-state index in [1.807, 2.05) is 0 Å². The molecule has 0 spiro atoms. The third-order valence-electron chi connectivity index (χ3n) is 3.88. The summed E-state index contributed by atoms with van der Waals surface area (Å²) in [5.41, 5.74) is -1.45. The molecule has 166 valence electrons. The lowest BCUT2D eigenvalue weighted by molar-refractivity contribution is -0.145. The van der Waals surface area contributed by atoms with Crippen molar-refractivity contribution < 1.29 is 33.4 Å². The smallest absolute Gasteiger partial charge is 0.411 e. The van der Waals surface area contributed by atoms with Gasteiger partial charge in [0.2, 0.25) is 5.91 Å². The van der Waals surface area contributed by atoms with Crippen molar-refractivity contribution in [3.63, 3.8) is 0 Å². The second-order valence-electron chi connectivity index (χ2n) is 8.87. The molecule has 0 aromatic heterocycles. The van der Waals surface area contributed by atoms with Crippen molar-refractivity contribution >= 4 is 24.1 Å². The third kappa shape index (κ3) is 7.78. The number of hydrogen-bond acceptors (Lipinski definition) is 7. The van der Waals surface area contributed by atoms with Gasteiger partial charge in [0.15, 0.2) is 0 Å². The van der Waals surface area contributed by atoms with Crippen LogP contribution in [0.3, 0.4) is 0 Å². The van der Waals surface area contributed by atoms with E-state index in [1.54, 1.807) is 41.5 Å². The van der Waals surface area contributed by atoms with Gasteiger partial charge in [-0.3, -0.25) is 9.69 Å². The number of carbonyl (C=O) groups is 4. The predicted octanol–water partition coefficient (Wildman–Crippen LogP) is 1.52. The number of amides is 3. The van der Waals surface area contributed by atoms with Crippen LogP contribution in [-0.2, 0) is 23.8 Å². The summed E-state index contributed by atoms with van der Waals surface area (Å²) in [5.74, 6) is -1.22. The fraction of sp³-hybridized carbons (Fsp3) is 0.789. The minimum absolute atomic E-state index is 0.0822. The highest BCUT2D eigenvalue weighted by Crippen LogP contribution is 2.18. The van der Waals surface area contributed by atoms with Gasteiger partial charge in [0, 0.05) is 13.1 Å². The van der Waals surface area contributed by atoms with Crippen molar-refractivity contribution in [1.29, 1.82) is 0 Å². The maximum atomic E-state index is 12.8. The number of nitrogens with one attached hydrogen (secondary N) is 1. The largest absolute Gasteiger partial charge is 0.467 e. The molecule has 0 saturated carbocycles. The zero-order chi connectivity index (χ0) is 22.6. The molecule has 29 heavy (non-hydrogen) atoms. The van der Waals surface area contributed by atoms with E-state index < -0.39 is 47.3 Å². The zero-order valence-electron chi connectivity index (χ0n) is 18.5. The first-order valence-corrected chi connectivity index (χ1v) is 9.50. The average Bonchev–Trinajstić information content (AvgIpc) is 2.57. The summed E-state index contributed by atoms with van der Waals surface area (Å²) in [6.07, 6.45) is -1.26. The first-order chi connectivity index (χ1) is 13.1. The van der Waals surface area contributed by atoms with Crippen molar-refractivity contribution in [2.45, 2.75) is 71.8 Å². The molecular formula is C19H33N3O7. The Labute approximate surface area is 171 Å². The van der Waals surface area contributed by atoms with Gasteiger partial charge >= 0.3 is 18.2 Å². The number of rotatable bonds is 3. The lowest BCUT2D eigenvalue weighted by atomic mass is 10.1. The fourth-order valence-electron chi connectivity index (χ4n) is 2.58. The quantitative estimate of drug-likeness (QED) is 0.549. The van der Waals surface area contributed by atoms with E-state index in [4.69, 9.17) is 9.47 Å². The Bertz CT molecular complexity index is 637. The number of piperazine rings is 1. The summed E-state index contributed by atoms with van der Waals surface area (Å²) in [6.45, 7) is 12.0. The molecule has 0 aliphatic carbocycles. The van der Waals surface area contributed by atoms with Crippen LogP contribution < -0.4 is 5.32 Å². The van der Waals surface area contributed by atoms with Crippen LogP contribution in [0.2, 0.25) is 0 Å². The monoisotopic (exact) mass is 415 g/mol. The topological polar surface area (TPSA) is 114 Å². The minimum Gasteiger partial charge on any atom is -0.467 e. The molecule has 1 rings (SSSR count). The Kier molecular flexibility index (Phi) is 7.88. The second-order valence-corrected chi connectivity index (χ2v) is 8.87. The summed E-state index contributed by atoms with van der Waals surface area (Å²) in [4.78, 5) is 52.1. The van der Waals surface area contributed by atoms with E-state index in [0.717, 1.165) is 0 Å². The van der Waals surface area contributed by atoms with Crippen LogP contribution in [0.25, 0.3) is 0 Å². The van der Waals surface area contributed by atoms with Gasteiger partial charge in [0.1, 0.15) is 23.3 Å². The first-order valence-electron chi connectivity index (χ1n) is 9.50. The summed E-state index contributed by atoms with van der Waals surface area (Å²) in [6, 6.07) is -1.96. The molecule has 1 N–H and O–H groups in total. The van der Waals surface area contributed by atoms with Crippen LogP contribution >= 0.6 is 0 Å². The maximum absolute atomic E-state index is 12.8. The van der Waals surface area contributed by atoms with Gasteiger partial charge in [-0.15, -0.1) is 0 Å². The van der Waals surface area contributed by atoms with E-state index in [-0.39, 0.29) is 19.6 Å². The van der Waals surface area contributed by atoms with Gasteiger partial charge < -0.3 is 24.4 Å². The molecule has 0 aromatic carbocycles. The molecule has 10 heteroatoms. The molecular weight excluding hydrogens is 382 g/mol. The van der Waals surface area contributed by atoms with Crippen LogP contribution in [0, 0.1) is 0 Å². The minimum atomic E-state index is -1.04. The second kappa shape index (κ2) is 9.32. The van der Waals surface area contributed by atoms with Gasteiger partial charge in [-0.05, 0) is 48.5 Å². The van der Waals surface area contributed by atoms with Crippen LogP contribution in [0.5, 0.6) is 0 Å². The molecule has 0 radical (unpaired) electrons. The lowest BCUT2D eigenvalue weighted by Gasteiger charge is -2.41. The van der Waals surface area contributed by atoms with E-state index in [9.17, 15) is 19.2 Å². The molecule has 1 aliphatic heterocycles. The normalized spacial score (nSPS) is 18.6. The van der Waals surface area contributed by atoms with Crippen molar-refractivity contribution in [1.82, 2.24) is 15.1 Å². The highest BCUT2D eigenvalue weighted by Gasteiger charge is 2.40. The number of esters is 1. The molecule has 1 aliphatic rings. The Hall–Kier alpha value is -2.52. The molecule has 0 aromatic rings. The van der Waals surface area contributed by atoms with E-state index in [1.165, 1.54) is 23.8 Å². The number of hydrogen-bond donors (Lipinski definition) is 1. The van der Waals surface area contributed by atoms with Gasteiger partial charge in [-0.2, -0.15) is 0 Å². The van der Waals surface area contributed by atoms with Gasteiger partial charge in [0.05, 0.1) is 13.7 Å². The standard InChI is InChI=1S/C19H33N3O7/c1-12(15(24)27-8)20-14(23)13-11-21(16(25)28-18(2,3)4)9-10-22(13)17(26)29-19(5,6)7/h12-13H,9-11H2,1-8H3,(H,20,23)/t12-,13?/m0/s1. The van der Waals surface area contributed by atoms with Crippen LogP contribution in [0.1, 0.15) is 48.5 Å². The maximum Gasteiger partial charge on any atom is 0.411 e. The average molecular weight is 415 g/mol. The molecule has 1 heterocycles. The Morgan fingerprint density at radius 2 is 1.45 bits per heavy atom. The molecule has 10 nitrogen and oxygen atoms in total. The highest BCUT2D eigenvalue weighted by atomic mass is 16.6. The van der Waals surface area contributed by atoms with Gasteiger partial charge in [0.25, 0.3) is 0 Å². The van der Waals surface area contributed by atoms with Crippen molar-refractivity contribution in [2.24, 2.45) is 0 Å². The Morgan fingerprint density at radius 3 is 1.93 bits per heavy atom. The first kappa shape index (κ1) is 24.5. The molecule has 0 bridgehead atoms. The predicted molar refractivity (Wildman–Crippen MR) is 104 cm³/mol. The summed E-state index contributed by atoms with van der Waals surface area (Å²) in [5, 5.41) is 2.51. The third-order valence-corrected chi connectivity index (χ3v) is 3.88. The van der Waals surface area contributed by atoms with Gasteiger partial charge in [-0.25, -0.2) is 14.4 Å². The summed E-state index contributed by atoms with van der Waals surface area (Å²) in [7, 11) is 1.21. The van der Waals surface area contributed by atoms with Crippen molar-refractivity contribution in [2.75, 3.05) is 26.7 Å². The van der Waals surface area contributed by atoms with E-state index in [2.05, 4.69) is 10.1 Å². The summed E-state index contributed by atoms with van der Waals surface area (Å²) < 4.78 is 15.4. The van der Waals surface area contributed by atoms with Crippen LogP contribution in [-0.4, -0.2) is 83.9 Å².